The van der Waals surface area contributed by atoms with E-state index in [1.165, 1.54) is 0 Å². The van der Waals surface area contributed by atoms with Crippen molar-refractivity contribution in [2.24, 2.45) is 12.0 Å². The first-order chi connectivity index (χ1) is 8.22. The van der Waals surface area contributed by atoms with Crippen LogP contribution in [-0.2, 0) is 7.05 Å². The minimum Gasteiger partial charge on any atom is -0.560 e. The van der Waals surface area contributed by atoms with Gasteiger partial charge in [0.1, 0.15) is 13.1 Å². The van der Waals surface area contributed by atoms with Gasteiger partial charge in [0.15, 0.2) is 6.20 Å². The van der Waals surface area contributed by atoms with Crippen LogP contribution in [0.25, 0.3) is 10.9 Å². The molecule has 0 saturated heterocycles. The van der Waals surface area contributed by atoms with Gasteiger partial charge in [0.05, 0.1) is 5.75 Å². The Morgan fingerprint density at radius 3 is 2.78 bits per heavy atom. The van der Waals surface area contributed by atoms with E-state index in [0.717, 1.165) is 10.9 Å². The zero-order valence-corrected chi connectivity index (χ0v) is 12.6. The Hall–Kier alpha value is -1.37. The van der Waals surface area contributed by atoms with Crippen molar-refractivity contribution in [3.8, 4) is 5.75 Å². The maximum absolute atomic E-state index is 11.4. The van der Waals surface area contributed by atoms with Crippen molar-refractivity contribution in [3.63, 3.8) is 0 Å². The summed E-state index contributed by atoms with van der Waals surface area (Å²) in [5.41, 5.74) is 0.884. The quantitative estimate of drug-likeness (QED) is 0.353. The van der Waals surface area contributed by atoms with Crippen LogP contribution in [0.3, 0.4) is 0 Å². The Morgan fingerprint density at radius 2 is 2.06 bits per heavy atom. The number of fused-ring (bicyclic) bond motifs is 1. The van der Waals surface area contributed by atoms with Gasteiger partial charge in [-0.15, -0.1) is 24.0 Å². The highest BCUT2D eigenvalue weighted by molar-refractivity contribution is 14.0. The summed E-state index contributed by atoms with van der Waals surface area (Å²) in [4.78, 5) is 3.69. The van der Waals surface area contributed by atoms with Crippen LogP contribution in [0, 0.1) is 0 Å². The molecule has 1 heterocycles. The molecule has 0 aliphatic heterocycles. The summed E-state index contributed by atoms with van der Waals surface area (Å²) < 4.78 is 7.14. The maximum atomic E-state index is 11.4. The first kappa shape index (κ1) is 14.7. The molecule has 96 valence electrons. The van der Waals surface area contributed by atoms with Gasteiger partial charge in [-0.1, -0.05) is 6.07 Å². The molecule has 0 aliphatic carbocycles. The van der Waals surface area contributed by atoms with E-state index in [0.29, 0.717) is 12.3 Å². The summed E-state index contributed by atoms with van der Waals surface area (Å²) in [5, 5.41) is 12.4. The van der Waals surface area contributed by atoms with E-state index in [1.54, 1.807) is 13.0 Å². The molecule has 0 saturated carbocycles. The van der Waals surface area contributed by atoms with Gasteiger partial charge in [-0.3, -0.25) is 4.99 Å². The van der Waals surface area contributed by atoms with E-state index in [4.69, 9.17) is 4.74 Å². The summed E-state index contributed by atoms with van der Waals surface area (Å²) in [5.74, 6) is 0.535. The highest BCUT2D eigenvalue weighted by atomic mass is 127. The number of ether oxygens (including phenoxy) is 1. The van der Waals surface area contributed by atoms with E-state index in [-0.39, 0.29) is 24.0 Å². The third-order valence-corrected chi connectivity index (χ3v) is 2.45. The summed E-state index contributed by atoms with van der Waals surface area (Å²) in [6.07, 6.45) is 1.36. The number of hydrogen-bond donors (Lipinski definition) is 0. The van der Waals surface area contributed by atoms with Crippen molar-refractivity contribution >= 4 is 41.0 Å². The Bertz CT molecular complexity index is 565. The number of hydrogen-bond acceptors (Lipinski definition) is 3. The first-order valence-corrected chi connectivity index (χ1v) is 5.49. The number of aromatic nitrogens is 1. The molecule has 1 aromatic heterocycles. The SMILES string of the molecule is CCN=C([O-])Oc1cccc2ccc[n+](C)c12.I. The molecule has 4 nitrogen and oxygen atoms in total. The number of rotatable bonds is 2. The van der Waals surface area contributed by atoms with E-state index < -0.39 is 6.08 Å². The summed E-state index contributed by atoms with van der Waals surface area (Å²) in [6.45, 7) is 2.22. The molecule has 0 N–H and O–H groups in total. The Labute approximate surface area is 123 Å². The van der Waals surface area contributed by atoms with Gasteiger partial charge >= 0.3 is 0 Å². The van der Waals surface area contributed by atoms with Gasteiger partial charge in [-0.2, -0.15) is 0 Å². The Kier molecular flexibility index (Phi) is 5.33. The summed E-state index contributed by atoms with van der Waals surface area (Å²) >= 11 is 0. The molecule has 2 aromatic rings. The normalized spacial score (nSPS) is 11.1. The average molecular weight is 358 g/mol. The monoisotopic (exact) mass is 358 g/mol. The van der Waals surface area contributed by atoms with E-state index in [9.17, 15) is 5.11 Å². The number of para-hydroxylation sites is 1. The van der Waals surface area contributed by atoms with Crippen molar-refractivity contribution < 1.29 is 14.4 Å². The van der Waals surface area contributed by atoms with Crippen LogP contribution in [-0.4, -0.2) is 12.6 Å². The lowest BCUT2D eigenvalue weighted by molar-refractivity contribution is -0.645. The average Bonchev–Trinajstić information content (AvgIpc) is 2.29. The van der Waals surface area contributed by atoms with Gasteiger partial charge in [0, 0.05) is 18.0 Å². The summed E-state index contributed by atoms with van der Waals surface area (Å²) in [7, 11) is 1.91. The minimum atomic E-state index is -0.552. The van der Waals surface area contributed by atoms with Crippen LogP contribution in [0.4, 0.5) is 0 Å². The Morgan fingerprint density at radius 1 is 1.33 bits per heavy atom. The standard InChI is InChI=1S/C13H14N2O2.HI/c1-3-14-13(16)17-11-8-4-6-10-7-5-9-15(2)12(10)11;/h4-9H,3H2,1-2H3;1H. The van der Waals surface area contributed by atoms with Crippen molar-refractivity contribution in [2.75, 3.05) is 6.54 Å². The molecular weight excluding hydrogens is 343 g/mol. The third-order valence-electron chi connectivity index (χ3n) is 2.45. The highest BCUT2D eigenvalue weighted by Gasteiger charge is 2.07. The molecule has 0 unspecified atom stereocenters. The zero-order valence-electron chi connectivity index (χ0n) is 10.3. The number of nitrogens with zero attached hydrogens (tertiary/aromatic N) is 2. The second kappa shape index (κ2) is 6.53. The van der Waals surface area contributed by atoms with E-state index in [1.807, 2.05) is 42.1 Å². The summed E-state index contributed by atoms with van der Waals surface area (Å²) in [6, 6.07) is 9.53. The molecule has 2 rings (SSSR count). The van der Waals surface area contributed by atoms with E-state index >= 15 is 0 Å². The molecule has 0 aliphatic rings. The number of halogens is 1. The highest BCUT2D eigenvalue weighted by Crippen LogP contribution is 2.21. The van der Waals surface area contributed by atoms with Crippen LogP contribution in [0.2, 0.25) is 0 Å². The van der Waals surface area contributed by atoms with Gasteiger partial charge < -0.3 is 9.84 Å². The van der Waals surface area contributed by atoms with Crippen molar-refractivity contribution in [3.05, 3.63) is 36.5 Å². The molecule has 18 heavy (non-hydrogen) atoms. The number of aryl methyl sites for hydroxylation is 1. The van der Waals surface area contributed by atoms with Crippen LogP contribution >= 0.6 is 24.0 Å². The van der Waals surface area contributed by atoms with Gasteiger partial charge in [-0.05, 0) is 25.1 Å². The van der Waals surface area contributed by atoms with Crippen molar-refractivity contribution in [1.82, 2.24) is 0 Å². The minimum absolute atomic E-state index is 0. The number of aliphatic imine (C=N–C) groups is 1. The lowest BCUT2D eigenvalue weighted by atomic mass is 10.2. The zero-order chi connectivity index (χ0) is 12.3. The van der Waals surface area contributed by atoms with Gasteiger partial charge in [0.25, 0.3) is 0 Å². The third kappa shape index (κ3) is 3.10. The fourth-order valence-corrected chi connectivity index (χ4v) is 1.74. The Balaban J connectivity index is 0.00000162. The second-order valence-corrected chi connectivity index (χ2v) is 3.66. The smallest absolute Gasteiger partial charge is 0.226 e. The lowest BCUT2D eigenvalue weighted by Gasteiger charge is -2.14. The van der Waals surface area contributed by atoms with Crippen molar-refractivity contribution in [1.29, 1.82) is 0 Å². The van der Waals surface area contributed by atoms with Crippen molar-refractivity contribution in [2.45, 2.75) is 6.92 Å². The van der Waals surface area contributed by atoms with Crippen LogP contribution < -0.4 is 14.4 Å². The van der Waals surface area contributed by atoms with E-state index in [2.05, 4.69) is 4.99 Å². The van der Waals surface area contributed by atoms with Gasteiger partial charge in [0.2, 0.25) is 5.52 Å². The number of pyridine rings is 1. The molecule has 0 bridgehead atoms. The fourth-order valence-electron chi connectivity index (χ4n) is 1.74. The fraction of sp³-hybridized carbons (Fsp3) is 0.231. The van der Waals surface area contributed by atoms with Crippen LogP contribution in [0.1, 0.15) is 6.92 Å². The molecule has 5 heteroatoms. The van der Waals surface area contributed by atoms with Crippen LogP contribution in [0.15, 0.2) is 41.5 Å². The first-order valence-electron chi connectivity index (χ1n) is 5.49. The molecular formula is C13H15IN2O2. The van der Waals surface area contributed by atoms with Gasteiger partial charge in [-0.25, -0.2) is 4.57 Å². The molecule has 0 radical (unpaired) electrons. The predicted octanol–water partition coefficient (Wildman–Crippen LogP) is 1.40. The lowest BCUT2D eigenvalue weighted by Crippen LogP contribution is -2.30. The molecule has 0 atom stereocenters. The molecule has 0 amide bonds. The second-order valence-electron chi connectivity index (χ2n) is 3.66. The predicted molar refractivity (Wildman–Crippen MR) is 79.1 cm³/mol. The molecule has 0 fully saturated rings. The molecule has 1 aromatic carbocycles. The number of benzene rings is 1. The van der Waals surface area contributed by atoms with Crippen LogP contribution in [0.5, 0.6) is 5.75 Å². The maximum Gasteiger partial charge on any atom is 0.226 e. The largest absolute Gasteiger partial charge is 0.560 e. The molecule has 0 spiro atoms. The topological polar surface area (TPSA) is 48.5 Å².